The van der Waals surface area contributed by atoms with E-state index < -0.39 is 12.1 Å². The van der Waals surface area contributed by atoms with E-state index in [1.165, 1.54) is 7.11 Å². The molecule has 1 N–H and O–H groups in total. The van der Waals surface area contributed by atoms with E-state index in [0.717, 1.165) is 10.0 Å². The number of aryl methyl sites for hydroxylation is 1. The Labute approximate surface area is 149 Å². The van der Waals surface area contributed by atoms with Gasteiger partial charge in [0.25, 0.3) is 5.91 Å². The SMILES string of the molecule is COC(=O)c1ccc(C)c(NC(=O)[C@H](C)Oc2ccc(Br)cc2)c1. The van der Waals surface area contributed by atoms with E-state index in [4.69, 9.17) is 9.47 Å². The molecule has 1 atom stereocenters. The summed E-state index contributed by atoms with van der Waals surface area (Å²) in [6, 6.07) is 12.2. The lowest BCUT2D eigenvalue weighted by atomic mass is 10.1. The Kier molecular flexibility index (Phi) is 5.98. The molecule has 5 nitrogen and oxygen atoms in total. The van der Waals surface area contributed by atoms with Gasteiger partial charge in [0.2, 0.25) is 0 Å². The van der Waals surface area contributed by atoms with Crippen LogP contribution in [0.2, 0.25) is 0 Å². The van der Waals surface area contributed by atoms with Crippen LogP contribution in [0.25, 0.3) is 0 Å². The van der Waals surface area contributed by atoms with Crippen LogP contribution in [0.3, 0.4) is 0 Å². The van der Waals surface area contributed by atoms with Gasteiger partial charge < -0.3 is 14.8 Å². The average Bonchev–Trinajstić information content (AvgIpc) is 2.58. The number of esters is 1. The average molecular weight is 392 g/mol. The number of ether oxygens (including phenoxy) is 2. The first-order valence-corrected chi connectivity index (χ1v) is 8.12. The van der Waals surface area contributed by atoms with Crippen LogP contribution in [0, 0.1) is 6.92 Å². The summed E-state index contributed by atoms with van der Waals surface area (Å²) in [5.41, 5.74) is 1.76. The minimum atomic E-state index is -0.688. The molecule has 0 aliphatic rings. The molecule has 0 aromatic heterocycles. The third-order valence-corrected chi connectivity index (χ3v) is 3.94. The van der Waals surface area contributed by atoms with Crippen LogP contribution in [0.15, 0.2) is 46.9 Å². The van der Waals surface area contributed by atoms with Crippen molar-refractivity contribution in [3.8, 4) is 5.75 Å². The molecule has 0 bridgehead atoms. The Bertz CT molecular complexity index is 743. The minimum absolute atomic E-state index is 0.303. The number of carbonyl (C=O) groups excluding carboxylic acids is 2. The highest BCUT2D eigenvalue weighted by molar-refractivity contribution is 9.10. The summed E-state index contributed by atoms with van der Waals surface area (Å²) >= 11 is 3.34. The maximum atomic E-state index is 12.3. The fraction of sp³-hybridized carbons (Fsp3) is 0.222. The summed E-state index contributed by atoms with van der Waals surface area (Å²) in [5, 5.41) is 2.78. The van der Waals surface area contributed by atoms with Crippen molar-refractivity contribution in [3.63, 3.8) is 0 Å². The van der Waals surface area contributed by atoms with Crippen molar-refractivity contribution in [1.29, 1.82) is 0 Å². The normalized spacial score (nSPS) is 11.5. The Hall–Kier alpha value is -2.34. The summed E-state index contributed by atoms with van der Waals surface area (Å²) in [6.45, 7) is 3.51. The van der Waals surface area contributed by atoms with Gasteiger partial charge >= 0.3 is 5.97 Å². The number of amides is 1. The van der Waals surface area contributed by atoms with Gasteiger partial charge in [0, 0.05) is 10.2 Å². The van der Waals surface area contributed by atoms with Crippen LogP contribution in [0.1, 0.15) is 22.8 Å². The molecule has 126 valence electrons. The van der Waals surface area contributed by atoms with Gasteiger partial charge in [-0.05, 0) is 55.8 Å². The first-order chi connectivity index (χ1) is 11.4. The molecule has 2 aromatic carbocycles. The van der Waals surface area contributed by atoms with Crippen molar-refractivity contribution in [2.24, 2.45) is 0 Å². The number of halogens is 1. The minimum Gasteiger partial charge on any atom is -0.481 e. The maximum Gasteiger partial charge on any atom is 0.337 e. The van der Waals surface area contributed by atoms with E-state index in [0.29, 0.717) is 17.0 Å². The lowest BCUT2D eigenvalue weighted by Gasteiger charge is -2.16. The van der Waals surface area contributed by atoms with Crippen LogP contribution in [-0.2, 0) is 9.53 Å². The summed E-state index contributed by atoms with van der Waals surface area (Å²) in [7, 11) is 1.31. The summed E-state index contributed by atoms with van der Waals surface area (Å²) in [6.07, 6.45) is -0.688. The van der Waals surface area contributed by atoms with Gasteiger partial charge in [-0.25, -0.2) is 4.79 Å². The van der Waals surface area contributed by atoms with Crippen molar-refractivity contribution in [3.05, 3.63) is 58.1 Å². The standard InChI is InChI=1S/C18H18BrNO4/c1-11-4-5-13(18(22)23-3)10-16(11)20-17(21)12(2)24-15-8-6-14(19)7-9-15/h4-10,12H,1-3H3,(H,20,21)/t12-/m0/s1. The van der Waals surface area contributed by atoms with Crippen LogP contribution in [-0.4, -0.2) is 25.1 Å². The molecule has 0 aliphatic carbocycles. The molecule has 0 saturated heterocycles. The molecule has 2 aromatic rings. The number of benzene rings is 2. The van der Waals surface area contributed by atoms with E-state index in [-0.39, 0.29) is 5.91 Å². The molecule has 0 radical (unpaired) electrons. The van der Waals surface area contributed by atoms with E-state index in [2.05, 4.69) is 21.2 Å². The fourth-order valence-corrected chi connectivity index (χ4v) is 2.27. The summed E-state index contributed by atoms with van der Waals surface area (Å²) < 4.78 is 11.2. The zero-order valence-electron chi connectivity index (χ0n) is 13.6. The lowest BCUT2D eigenvalue weighted by molar-refractivity contribution is -0.122. The van der Waals surface area contributed by atoms with Gasteiger partial charge in [-0.1, -0.05) is 22.0 Å². The monoisotopic (exact) mass is 391 g/mol. The van der Waals surface area contributed by atoms with Crippen molar-refractivity contribution in [1.82, 2.24) is 0 Å². The van der Waals surface area contributed by atoms with Gasteiger partial charge in [-0.3, -0.25) is 4.79 Å². The van der Waals surface area contributed by atoms with E-state index in [9.17, 15) is 9.59 Å². The van der Waals surface area contributed by atoms with E-state index in [1.54, 1.807) is 37.3 Å². The predicted octanol–water partition coefficient (Wildman–Crippen LogP) is 3.95. The number of methoxy groups -OCH3 is 1. The van der Waals surface area contributed by atoms with Gasteiger partial charge in [-0.2, -0.15) is 0 Å². The number of hydrogen-bond acceptors (Lipinski definition) is 4. The van der Waals surface area contributed by atoms with Crippen LogP contribution in [0.5, 0.6) is 5.75 Å². The zero-order chi connectivity index (χ0) is 17.7. The van der Waals surface area contributed by atoms with Gasteiger partial charge in [-0.15, -0.1) is 0 Å². The molecule has 0 heterocycles. The molecule has 0 unspecified atom stereocenters. The van der Waals surface area contributed by atoms with Crippen molar-refractivity contribution >= 4 is 33.5 Å². The molecule has 1 amide bonds. The van der Waals surface area contributed by atoms with Gasteiger partial charge in [0.15, 0.2) is 6.10 Å². The Balaban J connectivity index is 2.08. The lowest BCUT2D eigenvalue weighted by Crippen LogP contribution is -2.30. The Morgan fingerprint density at radius 1 is 1.12 bits per heavy atom. The first kappa shape index (κ1) is 18.0. The summed E-state index contributed by atoms with van der Waals surface area (Å²) in [5.74, 6) is -0.159. The predicted molar refractivity (Wildman–Crippen MR) is 95.4 cm³/mol. The summed E-state index contributed by atoms with van der Waals surface area (Å²) in [4.78, 5) is 23.9. The highest BCUT2D eigenvalue weighted by atomic mass is 79.9. The molecular formula is C18H18BrNO4. The highest BCUT2D eigenvalue weighted by Crippen LogP contribution is 2.20. The molecule has 2 rings (SSSR count). The number of anilines is 1. The number of carbonyl (C=O) groups is 2. The molecule has 6 heteroatoms. The van der Waals surface area contributed by atoms with Crippen LogP contribution in [0.4, 0.5) is 5.69 Å². The molecular weight excluding hydrogens is 374 g/mol. The highest BCUT2D eigenvalue weighted by Gasteiger charge is 2.17. The number of nitrogens with one attached hydrogen (secondary N) is 1. The maximum absolute atomic E-state index is 12.3. The second-order valence-corrected chi connectivity index (χ2v) is 6.14. The van der Waals surface area contributed by atoms with Gasteiger partial charge in [0.05, 0.1) is 12.7 Å². The van der Waals surface area contributed by atoms with E-state index >= 15 is 0 Å². The van der Waals surface area contributed by atoms with Crippen molar-refractivity contribution < 1.29 is 19.1 Å². The Morgan fingerprint density at radius 3 is 2.42 bits per heavy atom. The zero-order valence-corrected chi connectivity index (χ0v) is 15.2. The number of rotatable bonds is 5. The van der Waals surface area contributed by atoms with Crippen molar-refractivity contribution in [2.75, 3.05) is 12.4 Å². The number of hydrogen-bond donors (Lipinski definition) is 1. The van der Waals surface area contributed by atoms with Crippen LogP contribution < -0.4 is 10.1 Å². The van der Waals surface area contributed by atoms with Gasteiger partial charge in [0.1, 0.15) is 5.75 Å². The second-order valence-electron chi connectivity index (χ2n) is 5.22. The molecule has 0 saturated carbocycles. The topological polar surface area (TPSA) is 64.6 Å². The Morgan fingerprint density at radius 2 is 1.79 bits per heavy atom. The van der Waals surface area contributed by atoms with Crippen molar-refractivity contribution in [2.45, 2.75) is 20.0 Å². The quantitative estimate of drug-likeness (QED) is 0.783. The fourth-order valence-electron chi connectivity index (χ4n) is 2.01. The second kappa shape index (κ2) is 7.97. The molecule has 0 spiro atoms. The molecule has 24 heavy (non-hydrogen) atoms. The van der Waals surface area contributed by atoms with Crippen LogP contribution >= 0.6 is 15.9 Å². The third-order valence-electron chi connectivity index (χ3n) is 3.41. The largest absolute Gasteiger partial charge is 0.481 e. The van der Waals surface area contributed by atoms with E-state index in [1.807, 2.05) is 19.1 Å². The molecule has 0 aliphatic heterocycles. The smallest absolute Gasteiger partial charge is 0.337 e. The first-order valence-electron chi connectivity index (χ1n) is 7.32. The molecule has 0 fully saturated rings. The third kappa shape index (κ3) is 4.58.